The van der Waals surface area contributed by atoms with Crippen LogP contribution in [0.5, 0.6) is 0 Å². The van der Waals surface area contributed by atoms with Crippen molar-refractivity contribution in [1.29, 1.82) is 0 Å². The van der Waals surface area contributed by atoms with Crippen molar-refractivity contribution in [2.24, 2.45) is 0 Å². The lowest BCUT2D eigenvalue weighted by atomic mass is 10.4. The number of aryl methyl sites for hydroxylation is 1. The molecule has 1 N–H and O–H groups in total. The molecule has 0 aliphatic carbocycles. The molecule has 2 aromatic heterocycles. The molecule has 2 aromatic rings. The molecule has 0 atom stereocenters. The normalized spacial score (nSPS) is 12.2. The summed E-state index contributed by atoms with van der Waals surface area (Å²) in [6.07, 6.45) is 0. The van der Waals surface area contributed by atoms with E-state index in [1.54, 1.807) is 20.0 Å². The van der Waals surface area contributed by atoms with Gasteiger partial charge in [-0.15, -0.1) is 22.7 Å². The maximum Gasteiger partial charge on any atom is 0.244 e. The first-order valence-corrected chi connectivity index (χ1v) is 9.20. The average molecular weight is 352 g/mol. The maximum absolute atomic E-state index is 12.5. The minimum Gasteiger partial charge on any atom is -0.391 e. The van der Waals surface area contributed by atoms with Crippen molar-refractivity contribution in [3.63, 3.8) is 0 Å². The largest absolute Gasteiger partial charge is 0.391 e. The second-order valence-electron chi connectivity index (χ2n) is 4.26. The Kier molecular flexibility index (Phi) is 4.88. The number of sulfonamides is 1. The fourth-order valence-corrected chi connectivity index (χ4v) is 5.60. The molecule has 0 spiro atoms. The van der Waals surface area contributed by atoms with Crippen molar-refractivity contribution < 1.29 is 13.5 Å². The average Bonchev–Trinajstić information content (AvgIpc) is 2.95. The predicted molar refractivity (Wildman–Crippen MR) is 83.0 cm³/mol. The highest BCUT2D eigenvalue weighted by Gasteiger charge is 2.25. The van der Waals surface area contributed by atoms with Crippen LogP contribution in [0.15, 0.2) is 23.1 Å². The van der Waals surface area contributed by atoms with E-state index in [4.69, 9.17) is 16.7 Å². The van der Waals surface area contributed by atoms with Gasteiger partial charge in [0.15, 0.2) is 0 Å². The number of thiophene rings is 2. The first kappa shape index (κ1) is 15.9. The summed E-state index contributed by atoms with van der Waals surface area (Å²) >= 11 is 8.50. The van der Waals surface area contributed by atoms with Gasteiger partial charge in [0.25, 0.3) is 0 Å². The molecule has 0 aromatic carbocycles. The number of hydrogen-bond acceptors (Lipinski definition) is 5. The van der Waals surface area contributed by atoms with E-state index in [-0.39, 0.29) is 18.0 Å². The van der Waals surface area contributed by atoms with Crippen molar-refractivity contribution in [1.82, 2.24) is 4.31 Å². The fraction of sp³-hybridized carbons (Fsp3) is 0.333. The van der Waals surface area contributed by atoms with Gasteiger partial charge in [-0.05, 0) is 25.1 Å². The van der Waals surface area contributed by atoms with Gasteiger partial charge < -0.3 is 5.11 Å². The molecule has 0 aliphatic rings. The monoisotopic (exact) mass is 351 g/mol. The zero-order valence-electron chi connectivity index (χ0n) is 11.0. The lowest BCUT2D eigenvalue weighted by Gasteiger charge is -2.16. The maximum atomic E-state index is 12.5. The Balaban J connectivity index is 2.26. The van der Waals surface area contributed by atoms with Gasteiger partial charge in [-0.25, -0.2) is 8.42 Å². The Labute approximate surface area is 131 Å². The van der Waals surface area contributed by atoms with Crippen molar-refractivity contribution >= 4 is 44.3 Å². The summed E-state index contributed by atoms with van der Waals surface area (Å²) in [7, 11) is -2.01. The summed E-state index contributed by atoms with van der Waals surface area (Å²) in [6, 6.07) is 5.10. The van der Waals surface area contributed by atoms with E-state index in [1.807, 2.05) is 6.07 Å². The molecule has 0 fully saturated rings. The SMILES string of the molecule is Cc1sc(CO)cc1S(=O)(=O)N(C)Cc1ccc(Cl)s1. The van der Waals surface area contributed by atoms with E-state index in [0.717, 1.165) is 4.88 Å². The Hall–Kier alpha value is -0.440. The molecule has 20 heavy (non-hydrogen) atoms. The highest BCUT2D eigenvalue weighted by atomic mass is 35.5. The molecule has 0 aliphatic heterocycles. The van der Waals surface area contributed by atoms with Crippen LogP contribution in [0.1, 0.15) is 14.6 Å². The zero-order valence-corrected chi connectivity index (χ0v) is 14.2. The van der Waals surface area contributed by atoms with Crippen LogP contribution in [0.4, 0.5) is 0 Å². The fourth-order valence-electron chi connectivity index (χ4n) is 1.77. The molecule has 110 valence electrons. The van der Waals surface area contributed by atoms with Crippen molar-refractivity contribution in [2.75, 3.05) is 7.05 Å². The third kappa shape index (κ3) is 3.24. The van der Waals surface area contributed by atoms with Crippen LogP contribution in [0.3, 0.4) is 0 Å². The van der Waals surface area contributed by atoms with Crippen LogP contribution in [0, 0.1) is 6.92 Å². The lowest BCUT2D eigenvalue weighted by Crippen LogP contribution is -2.26. The van der Waals surface area contributed by atoms with Crippen molar-refractivity contribution in [2.45, 2.75) is 25.0 Å². The lowest BCUT2D eigenvalue weighted by molar-refractivity contribution is 0.285. The van der Waals surface area contributed by atoms with Gasteiger partial charge in [0, 0.05) is 28.2 Å². The van der Waals surface area contributed by atoms with Crippen LogP contribution >= 0.6 is 34.3 Å². The zero-order chi connectivity index (χ0) is 14.9. The number of rotatable bonds is 5. The quantitative estimate of drug-likeness (QED) is 0.900. The smallest absolute Gasteiger partial charge is 0.244 e. The molecule has 0 bridgehead atoms. The van der Waals surface area contributed by atoms with Crippen LogP contribution in [-0.4, -0.2) is 24.9 Å². The number of hydrogen-bond donors (Lipinski definition) is 1. The van der Waals surface area contributed by atoms with E-state index in [1.165, 1.54) is 33.0 Å². The number of aliphatic hydroxyl groups is 1. The van der Waals surface area contributed by atoms with Crippen molar-refractivity contribution in [3.05, 3.63) is 37.2 Å². The minimum absolute atomic E-state index is 0.148. The summed E-state index contributed by atoms with van der Waals surface area (Å²) in [4.78, 5) is 2.48. The highest BCUT2D eigenvalue weighted by molar-refractivity contribution is 7.89. The molecule has 0 amide bonds. The number of nitrogens with zero attached hydrogens (tertiary/aromatic N) is 1. The molecule has 0 saturated heterocycles. The van der Waals surface area contributed by atoms with Gasteiger partial charge in [0.1, 0.15) is 0 Å². The van der Waals surface area contributed by atoms with Crippen LogP contribution in [-0.2, 0) is 23.2 Å². The summed E-state index contributed by atoms with van der Waals surface area (Å²) in [5.41, 5.74) is 0. The van der Waals surface area contributed by atoms with E-state index in [0.29, 0.717) is 14.1 Å². The summed E-state index contributed by atoms with van der Waals surface area (Å²) < 4.78 is 27.0. The standard InChI is InChI=1S/C12H14ClNO3S3/c1-8-11(5-10(7-15)18-8)20(16,17)14(2)6-9-3-4-12(13)19-9/h3-5,15H,6-7H2,1-2H3. The molecule has 0 saturated carbocycles. The van der Waals surface area contributed by atoms with Gasteiger partial charge in [-0.1, -0.05) is 11.6 Å². The third-order valence-corrected chi connectivity index (χ3v) is 7.08. The highest BCUT2D eigenvalue weighted by Crippen LogP contribution is 2.29. The molecule has 8 heteroatoms. The number of aliphatic hydroxyl groups excluding tert-OH is 1. The molecular formula is C12H14ClNO3S3. The molecule has 0 radical (unpaired) electrons. The Morgan fingerprint density at radius 2 is 2.00 bits per heavy atom. The molecule has 0 unspecified atom stereocenters. The van der Waals surface area contributed by atoms with Gasteiger partial charge >= 0.3 is 0 Å². The first-order valence-electron chi connectivity index (χ1n) is 5.75. The number of halogens is 1. The third-order valence-electron chi connectivity index (χ3n) is 2.77. The molecule has 2 rings (SSSR count). The molecule has 4 nitrogen and oxygen atoms in total. The van der Waals surface area contributed by atoms with Gasteiger partial charge in [0.2, 0.25) is 10.0 Å². The van der Waals surface area contributed by atoms with Crippen LogP contribution in [0.2, 0.25) is 4.34 Å². The predicted octanol–water partition coefficient (Wildman–Crippen LogP) is 3.08. The van der Waals surface area contributed by atoms with E-state index in [2.05, 4.69) is 0 Å². The van der Waals surface area contributed by atoms with E-state index in [9.17, 15) is 8.42 Å². The van der Waals surface area contributed by atoms with Crippen LogP contribution in [0.25, 0.3) is 0 Å². The van der Waals surface area contributed by atoms with Gasteiger partial charge in [-0.2, -0.15) is 4.31 Å². The Morgan fingerprint density at radius 3 is 2.50 bits per heavy atom. The summed E-state index contributed by atoms with van der Waals surface area (Å²) in [5, 5.41) is 9.11. The first-order chi connectivity index (χ1) is 9.34. The van der Waals surface area contributed by atoms with Gasteiger partial charge in [0.05, 0.1) is 15.8 Å². The van der Waals surface area contributed by atoms with E-state index >= 15 is 0 Å². The Morgan fingerprint density at radius 1 is 1.30 bits per heavy atom. The minimum atomic E-state index is -3.55. The summed E-state index contributed by atoms with van der Waals surface area (Å²) in [5.74, 6) is 0. The summed E-state index contributed by atoms with van der Waals surface area (Å²) in [6.45, 7) is 1.88. The second-order valence-corrected chi connectivity index (χ2v) is 9.41. The van der Waals surface area contributed by atoms with Gasteiger partial charge in [-0.3, -0.25) is 0 Å². The Bertz CT molecular complexity index is 705. The van der Waals surface area contributed by atoms with Crippen molar-refractivity contribution in [3.8, 4) is 0 Å². The molecule has 2 heterocycles. The topological polar surface area (TPSA) is 57.6 Å². The van der Waals surface area contributed by atoms with Crippen LogP contribution < -0.4 is 0 Å². The second kappa shape index (κ2) is 6.13. The molecular weight excluding hydrogens is 338 g/mol. The van der Waals surface area contributed by atoms with E-state index < -0.39 is 10.0 Å².